The molecule has 3 rings (SSSR count). The van der Waals surface area contributed by atoms with Crippen LogP contribution in [0.5, 0.6) is 0 Å². The van der Waals surface area contributed by atoms with Crippen molar-refractivity contribution in [2.45, 2.75) is 13.3 Å². The van der Waals surface area contributed by atoms with Crippen LogP contribution in [0, 0.1) is 0 Å². The summed E-state index contributed by atoms with van der Waals surface area (Å²) in [6.45, 7) is 2.86. The fourth-order valence-electron chi connectivity index (χ4n) is 2.37. The van der Waals surface area contributed by atoms with Gasteiger partial charge in [-0.15, -0.1) is 0 Å². The lowest BCUT2D eigenvalue weighted by atomic mass is 10.1. The molecule has 0 unspecified atom stereocenters. The normalized spacial score (nSPS) is 14.9. The summed E-state index contributed by atoms with van der Waals surface area (Å²) in [4.78, 5) is 12.1. The summed E-state index contributed by atoms with van der Waals surface area (Å²) in [6.07, 6.45) is 0.953. The Morgan fingerprint density at radius 2 is 1.76 bits per heavy atom. The van der Waals surface area contributed by atoms with Gasteiger partial charge in [-0.25, -0.2) is 0 Å². The van der Waals surface area contributed by atoms with Crippen molar-refractivity contribution in [2.24, 2.45) is 5.10 Å². The maximum Gasteiger partial charge on any atom is 0.276 e. The van der Waals surface area contributed by atoms with Gasteiger partial charge < -0.3 is 5.32 Å². The topological polar surface area (TPSA) is 44.7 Å². The summed E-state index contributed by atoms with van der Waals surface area (Å²) in [5.41, 5.74) is 3.15. The van der Waals surface area contributed by atoms with Gasteiger partial charge in [0.25, 0.3) is 5.91 Å². The van der Waals surface area contributed by atoms with Crippen LogP contribution in [0.1, 0.15) is 18.9 Å². The number of fused-ring (bicyclic) bond motifs is 1. The maximum absolute atomic E-state index is 12.1. The molecule has 1 aliphatic heterocycles. The van der Waals surface area contributed by atoms with E-state index in [1.165, 1.54) is 0 Å². The van der Waals surface area contributed by atoms with Gasteiger partial charge in [-0.1, -0.05) is 43.3 Å². The van der Waals surface area contributed by atoms with Crippen molar-refractivity contribution in [2.75, 3.05) is 16.9 Å². The van der Waals surface area contributed by atoms with E-state index in [0.717, 1.165) is 29.9 Å². The van der Waals surface area contributed by atoms with Gasteiger partial charge in [0.15, 0.2) is 5.71 Å². The summed E-state index contributed by atoms with van der Waals surface area (Å²) in [5, 5.41) is 9.33. The molecule has 0 fully saturated rings. The molecule has 0 aliphatic carbocycles. The molecule has 4 heteroatoms. The molecular weight excluding hydrogens is 262 g/mol. The molecule has 0 bridgehead atoms. The Bertz CT molecular complexity index is 679. The average molecular weight is 279 g/mol. The quantitative estimate of drug-likeness (QED) is 0.873. The van der Waals surface area contributed by atoms with Crippen LogP contribution in [-0.2, 0) is 4.79 Å². The number of nitrogens with one attached hydrogen (secondary N) is 1. The first-order chi connectivity index (χ1) is 10.3. The summed E-state index contributed by atoms with van der Waals surface area (Å²) in [7, 11) is 0. The number of hydrogen-bond donors (Lipinski definition) is 1. The Hall–Kier alpha value is -2.62. The highest BCUT2D eigenvalue weighted by Gasteiger charge is 2.26. The van der Waals surface area contributed by atoms with Gasteiger partial charge in [0.2, 0.25) is 0 Å². The summed E-state index contributed by atoms with van der Waals surface area (Å²) in [5.74, 6) is -0.145. The summed E-state index contributed by atoms with van der Waals surface area (Å²) < 4.78 is 0. The van der Waals surface area contributed by atoms with E-state index in [1.54, 1.807) is 0 Å². The van der Waals surface area contributed by atoms with Crippen molar-refractivity contribution in [3.05, 3.63) is 60.2 Å². The molecule has 0 saturated heterocycles. The Morgan fingerprint density at radius 3 is 2.52 bits per heavy atom. The minimum atomic E-state index is -0.145. The van der Waals surface area contributed by atoms with Crippen molar-refractivity contribution in [1.82, 2.24) is 0 Å². The summed E-state index contributed by atoms with van der Waals surface area (Å²) in [6, 6.07) is 17.5. The largest absolute Gasteiger partial charge is 0.320 e. The van der Waals surface area contributed by atoms with Gasteiger partial charge in [-0.2, -0.15) is 5.10 Å². The molecule has 1 heterocycles. The molecule has 1 aliphatic rings. The van der Waals surface area contributed by atoms with Crippen molar-refractivity contribution in [3.8, 4) is 0 Å². The zero-order chi connectivity index (χ0) is 14.7. The highest BCUT2D eigenvalue weighted by atomic mass is 16.2. The Morgan fingerprint density at radius 1 is 1.05 bits per heavy atom. The lowest BCUT2D eigenvalue weighted by molar-refractivity contribution is -0.110. The Kier molecular flexibility index (Phi) is 3.69. The summed E-state index contributed by atoms with van der Waals surface area (Å²) >= 11 is 0. The Balaban J connectivity index is 2.00. The molecule has 0 radical (unpaired) electrons. The number of anilines is 2. The number of para-hydroxylation sites is 2. The smallest absolute Gasteiger partial charge is 0.276 e. The van der Waals surface area contributed by atoms with Crippen LogP contribution in [0.25, 0.3) is 0 Å². The van der Waals surface area contributed by atoms with Crippen LogP contribution in [0.2, 0.25) is 0 Å². The third-order valence-electron chi connectivity index (χ3n) is 3.36. The fourth-order valence-corrected chi connectivity index (χ4v) is 2.37. The van der Waals surface area contributed by atoms with Gasteiger partial charge in [-0.3, -0.25) is 9.80 Å². The molecule has 0 spiro atoms. The second-order valence-electron chi connectivity index (χ2n) is 4.91. The number of benzene rings is 2. The van der Waals surface area contributed by atoms with E-state index >= 15 is 0 Å². The van der Waals surface area contributed by atoms with Gasteiger partial charge >= 0.3 is 0 Å². The minimum absolute atomic E-state index is 0.145. The van der Waals surface area contributed by atoms with Gasteiger partial charge in [0, 0.05) is 12.1 Å². The van der Waals surface area contributed by atoms with E-state index in [0.29, 0.717) is 5.71 Å². The number of carbonyl (C=O) groups excluding carboxylic acids is 1. The molecule has 106 valence electrons. The second kappa shape index (κ2) is 5.79. The fraction of sp³-hybridized carbons (Fsp3) is 0.176. The molecule has 21 heavy (non-hydrogen) atoms. The van der Waals surface area contributed by atoms with Crippen molar-refractivity contribution in [1.29, 1.82) is 0 Å². The number of amides is 1. The van der Waals surface area contributed by atoms with Crippen LogP contribution in [0.3, 0.4) is 0 Å². The predicted molar refractivity (Wildman–Crippen MR) is 85.7 cm³/mol. The zero-order valence-electron chi connectivity index (χ0n) is 11.9. The average Bonchev–Trinajstić information content (AvgIpc) is 2.84. The van der Waals surface area contributed by atoms with Gasteiger partial charge in [0.05, 0.1) is 11.4 Å². The maximum atomic E-state index is 12.1. The number of carbonyl (C=O) groups is 1. The lowest BCUT2D eigenvalue weighted by Crippen LogP contribution is -2.23. The van der Waals surface area contributed by atoms with E-state index < -0.39 is 0 Å². The molecule has 0 atom stereocenters. The molecule has 1 amide bonds. The highest BCUT2D eigenvalue weighted by Crippen LogP contribution is 2.24. The van der Waals surface area contributed by atoms with E-state index in [2.05, 4.69) is 17.3 Å². The SMILES string of the molecule is CCCN(/N=C1\C(=O)Nc2ccccc21)c1ccccc1. The van der Waals surface area contributed by atoms with E-state index in [-0.39, 0.29) is 5.91 Å². The van der Waals surface area contributed by atoms with E-state index in [4.69, 9.17) is 0 Å². The number of hydrazone groups is 1. The number of rotatable bonds is 4. The monoisotopic (exact) mass is 279 g/mol. The molecule has 1 N–H and O–H groups in total. The highest BCUT2D eigenvalue weighted by molar-refractivity contribution is 6.53. The first kappa shape index (κ1) is 13.4. The third-order valence-corrected chi connectivity index (χ3v) is 3.36. The van der Waals surface area contributed by atoms with Gasteiger partial charge in [-0.05, 0) is 24.6 Å². The molecular formula is C17H17N3O. The molecule has 0 saturated carbocycles. The van der Waals surface area contributed by atoms with Crippen molar-refractivity contribution < 1.29 is 4.79 Å². The van der Waals surface area contributed by atoms with Crippen LogP contribution < -0.4 is 10.3 Å². The predicted octanol–water partition coefficient (Wildman–Crippen LogP) is 3.26. The first-order valence-electron chi connectivity index (χ1n) is 7.11. The van der Waals surface area contributed by atoms with Crippen LogP contribution in [-0.4, -0.2) is 18.2 Å². The number of hydrogen-bond acceptors (Lipinski definition) is 3. The minimum Gasteiger partial charge on any atom is -0.320 e. The van der Waals surface area contributed by atoms with Crippen LogP contribution in [0.4, 0.5) is 11.4 Å². The molecule has 2 aromatic carbocycles. The molecule has 0 aromatic heterocycles. The third kappa shape index (κ3) is 2.65. The van der Waals surface area contributed by atoms with Gasteiger partial charge in [0.1, 0.15) is 0 Å². The molecule has 2 aromatic rings. The first-order valence-corrected chi connectivity index (χ1v) is 7.11. The molecule has 4 nitrogen and oxygen atoms in total. The lowest BCUT2D eigenvalue weighted by Gasteiger charge is -2.19. The second-order valence-corrected chi connectivity index (χ2v) is 4.91. The Labute approximate surface area is 124 Å². The zero-order valence-corrected chi connectivity index (χ0v) is 11.9. The standard InChI is InChI=1S/C17H17N3O/c1-2-12-20(13-8-4-3-5-9-13)19-16-14-10-6-7-11-15(14)18-17(16)21/h3-11H,2,12H2,1H3,(H,18,19,21). The van der Waals surface area contributed by atoms with Crippen LogP contribution in [0.15, 0.2) is 59.7 Å². The van der Waals surface area contributed by atoms with Crippen molar-refractivity contribution in [3.63, 3.8) is 0 Å². The van der Waals surface area contributed by atoms with E-state index in [9.17, 15) is 4.79 Å². The van der Waals surface area contributed by atoms with Crippen LogP contribution >= 0.6 is 0 Å². The van der Waals surface area contributed by atoms with E-state index in [1.807, 2.05) is 59.6 Å². The number of nitrogens with zero attached hydrogens (tertiary/aromatic N) is 2. The van der Waals surface area contributed by atoms with Crippen molar-refractivity contribution >= 4 is 23.0 Å².